The summed E-state index contributed by atoms with van der Waals surface area (Å²) < 4.78 is 15.5. The Morgan fingerprint density at radius 2 is 1.80 bits per heavy atom. The van der Waals surface area contributed by atoms with E-state index in [4.69, 9.17) is 14.2 Å². The highest BCUT2D eigenvalue weighted by molar-refractivity contribution is 5.96. The van der Waals surface area contributed by atoms with Gasteiger partial charge in [-0.2, -0.15) is 0 Å². The third-order valence-corrected chi connectivity index (χ3v) is 3.52. The molecule has 0 radical (unpaired) electrons. The van der Waals surface area contributed by atoms with Crippen molar-refractivity contribution < 1.29 is 23.8 Å². The summed E-state index contributed by atoms with van der Waals surface area (Å²) in [6, 6.07) is 14.1. The van der Waals surface area contributed by atoms with E-state index in [1.165, 1.54) is 14.0 Å². The molecule has 0 aromatic heterocycles. The van der Waals surface area contributed by atoms with Gasteiger partial charge in [-0.1, -0.05) is 24.3 Å². The fourth-order valence-corrected chi connectivity index (χ4v) is 2.22. The molecule has 0 saturated carbocycles. The van der Waals surface area contributed by atoms with E-state index in [1.807, 2.05) is 0 Å². The van der Waals surface area contributed by atoms with Crippen molar-refractivity contribution in [2.24, 2.45) is 0 Å². The van der Waals surface area contributed by atoms with Gasteiger partial charge >= 0.3 is 5.97 Å². The van der Waals surface area contributed by atoms with Crippen molar-refractivity contribution in [3.8, 4) is 11.5 Å². The van der Waals surface area contributed by atoms with E-state index in [0.29, 0.717) is 17.2 Å². The van der Waals surface area contributed by atoms with Gasteiger partial charge in [-0.15, -0.1) is 0 Å². The molecular formula is C19H21NO5. The molecule has 2 rings (SSSR count). The average Bonchev–Trinajstić information content (AvgIpc) is 2.62. The zero-order valence-corrected chi connectivity index (χ0v) is 14.4. The molecule has 0 spiro atoms. The van der Waals surface area contributed by atoms with E-state index in [-0.39, 0.29) is 6.42 Å². The number of carbonyl (C=O) groups excluding carboxylic acids is 2. The van der Waals surface area contributed by atoms with Crippen LogP contribution >= 0.6 is 0 Å². The molecule has 0 aliphatic rings. The third kappa shape index (κ3) is 5.24. The monoisotopic (exact) mass is 343 g/mol. The molecule has 1 amide bonds. The number of carbonyl (C=O) groups is 2. The number of amides is 1. The van der Waals surface area contributed by atoms with Gasteiger partial charge in [0.05, 0.1) is 26.3 Å². The van der Waals surface area contributed by atoms with Gasteiger partial charge in [0.25, 0.3) is 5.91 Å². The first kappa shape index (κ1) is 18.3. The van der Waals surface area contributed by atoms with Gasteiger partial charge in [-0.3, -0.25) is 9.59 Å². The predicted octanol–water partition coefficient (Wildman–Crippen LogP) is 2.82. The molecule has 132 valence electrons. The maximum absolute atomic E-state index is 12.2. The van der Waals surface area contributed by atoms with Crippen LogP contribution < -0.4 is 14.8 Å². The lowest BCUT2D eigenvalue weighted by Crippen LogP contribution is -2.30. The number of hydrogen-bond acceptors (Lipinski definition) is 5. The van der Waals surface area contributed by atoms with Crippen molar-refractivity contribution in [2.75, 3.05) is 19.5 Å². The number of esters is 1. The molecular weight excluding hydrogens is 322 g/mol. The quantitative estimate of drug-likeness (QED) is 0.783. The Hall–Kier alpha value is -3.02. The Morgan fingerprint density at radius 1 is 1.04 bits per heavy atom. The van der Waals surface area contributed by atoms with Gasteiger partial charge < -0.3 is 19.5 Å². The Labute approximate surface area is 146 Å². The molecule has 0 bridgehead atoms. The summed E-state index contributed by atoms with van der Waals surface area (Å²) in [4.78, 5) is 24.2. The van der Waals surface area contributed by atoms with Crippen LogP contribution in [0.4, 0.5) is 5.69 Å². The zero-order chi connectivity index (χ0) is 18.2. The SMILES string of the molecule is COc1cccc(CC(=O)O[C@@H](C)C(=O)Nc2ccccc2OC)c1. The standard InChI is InChI=1S/C19H21NO5/c1-13(19(22)20-16-9-4-5-10-17(16)24-3)25-18(21)12-14-7-6-8-15(11-14)23-2/h4-11,13H,12H2,1-3H3,(H,20,22)/t13-/m0/s1. The smallest absolute Gasteiger partial charge is 0.311 e. The Balaban J connectivity index is 1.92. The second-order valence-electron chi connectivity index (χ2n) is 5.35. The summed E-state index contributed by atoms with van der Waals surface area (Å²) in [5.41, 5.74) is 1.27. The van der Waals surface area contributed by atoms with Gasteiger partial charge in [0.15, 0.2) is 6.10 Å². The maximum Gasteiger partial charge on any atom is 0.311 e. The highest BCUT2D eigenvalue weighted by Crippen LogP contribution is 2.23. The van der Waals surface area contributed by atoms with Crippen LogP contribution in [0.25, 0.3) is 0 Å². The van der Waals surface area contributed by atoms with Gasteiger partial charge in [-0.25, -0.2) is 0 Å². The minimum Gasteiger partial charge on any atom is -0.497 e. The highest BCUT2D eigenvalue weighted by atomic mass is 16.5. The summed E-state index contributed by atoms with van der Waals surface area (Å²) in [5.74, 6) is 0.275. The number of nitrogens with one attached hydrogen (secondary N) is 1. The molecule has 0 saturated heterocycles. The lowest BCUT2D eigenvalue weighted by Gasteiger charge is -2.15. The molecule has 6 heteroatoms. The van der Waals surface area contributed by atoms with Crippen molar-refractivity contribution in [1.82, 2.24) is 0 Å². The van der Waals surface area contributed by atoms with Crippen LogP contribution in [0.15, 0.2) is 48.5 Å². The van der Waals surface area contributed by atoms with Gasteiger partial charge in [0.2, 0.25) is 0 Å². The number of rotatable bonds is 7. The van der Waals surface area contributed by atoms with Gasteiger partial charge in [0.1, 0.15) is 11.5 Å². The molecule has 2 aromatic rings. The van der Waals surface area contributed by atoms with E-state index >= 15 is 0 Å². The first-order valence-corrected chi connectivity index (χ1v) is 7.79. The second kappa shape index (κ2) is 8.73. The lowest BCUT2D eigenvalue weighted by atomic mass is 10.1. The van der Waals surface area contributed by atoms with Crippen molar-refractivity contribution in [3.05, 3.63) is 54.1 Å². The second-order valence-corrected chi connectivity index (χ2v) is 5.35. The highest BCUT2D eigenvalue weighted by Gasteiger charge is 2.19. The zero-order valence-electron chi connectivity index (χ0n) is 14.4. The summed E-state index contributed by atoms with van der Waals surface area (Å²) in [6.07, 6.45) is -0.869. The van der Waals surface area contributed by atoms with Crippen molar-refractivity contribution in [1.29, 1.82) is 0 Å². The molecule has 0 aliphatic heterocycles. The average molecular weight is 343 g/mol. The predicted molar refractivity (Wildman–Crippen MR) is 93.9 cm³/mol. The Kier molecular flexibility index (Phi) is 6.39. The number of anilines is 1. The molecule has 25 heavy (non-hydrogen) atoms. The molecule has 1 N–H and O–H groups in total. The van der Waals surface area contributed by atoms with Crippen LogP contribution in [0.1, 0.15) is 12.5 Å². The molecule has 0 aliphatic carbocycles. The first-order valence-electron chi connectivity index (χ1n) is 7.79. The van der Waals surface area contributed by atoms with Crippen LogP contribution in [0, 0.1) is 0 Å². The molecule has 6 nitrogen and oxygen atoms in total. The Bertz CT molecular complexity index is 744. The fraction of sp³-hybridized carbons (Fsp3) is 0.263. The van der Waals surface area contributed by atoms with Crippen LogP contribution in [0.5, 0.6) is 11.5 Å². The topological polar surface area (TPSA) is 73.9 Å². The van der Waals surface area contributed by atoms with E-state index in [2.05, 4.69) is 5.32 Å². The summed E-state index contributed by atoms with van der Waals surface area (Å²) in [5, 5.41) is 2.69. The van der Waals surface area contributed by atoms with Gasteiger partial charge in [0, 0.05) is 0 Å². The minimum absolute atomic E-state index is 0.0590. The van der Waals surface area contributed by atoms with E-state index in [9.17, 15) is 9.59 Å². The van der Waals surface area contributed by atoms with Crippen LogP contribution in [0.2, 0.25) is 0 Å². The van der Waals surface area contributed by atoms with Crippen molar-refractivity contribution in [2.45, 2.75) is 19.4 Å². The summed E-state index contributed by atoms with van der Waals surface area (Å²) in [6.45, 7) is 1.52. The van der Waals surface area contributed by atoms with E-state index in [1.54, 1.807) is 55.6 Å². The molecule has 0 unspecified atom stereocenters. The number of benzene rings is 2. The normalized spacial score (nSPS) is 11.3. The summed E-state index contributed by atoms with van der Waals surface area (Å²) >= 11 is 0. The largest absolute Gasteiger partial charge is 0.497 e. The van der Waals surface area contributed by atoms with Gasteiger partial charge in [-0.05, 0) is 36.8 Å². The molecule has 0 heterocycles. The molecule has 0 fully saturated rings. The van der Waals surface area contributed by atoms with Crippen LogP contribution in [-0.4, -0.2) is 32.2 Å². The number of methoxy groups -OCH3 is 2. The third-order valence-electron chi connectivity index (χ3n) is 3.52. The maximum atomic E-state index is 12.2. The van der Waals surface area contributed by atoms with Crippen LogP contribution in [-0.2, 0) is 20.7 Å². The minimum atomic E-state index is -0.928. The number of hydrogen-bond donors (Lipinski definition) is 1. The number of para-hydroxylation sites is 2. The fourth-order valence-electron chi connectivity index (χ4n) is 2.22. The first-order chi connectivity index (χ1) is 12.0. The van der Waals surface area contributed by atoms with E-state index in [0.717, 1.165) is 5.56 Å². The van der Waals surface area contributed by atoms with Crippen LogP contribution in [0.3, 0.4) is 0 Å². The van der Waals surface area contributed by atoms with E-state index < -0.39 is 18.0 Å². The summed E-state index contributed by atoms with van der Waals surface area (Å²) in [7, 11) is 3.07. The van der Waals surface area contributed by atoms with Crippen molar-refractivity contribution in [3.63, 3.8) is 0 Å². The van der Waals surface area contributed by atoms with Crippen molar-refractivity contribution >= 4 is 17.6 Å². The molecule has 2 aromatic carbocycles. The number of ether oxygens (including phenoxy) is 3. The lowest BCUT2D eigenvalue weighted by molar-refractivity contribution is -0.152. The molecule has 1 atom stereocenters. The Morgan fingerprint density at radius 3 is 2.52 bits per heavy atom.